The van der Waals surface area contributed by atoms with Gasteiger partial charge in [0, 0.05) is 12.6 Å². The smallest absolute Gasteiger partial charge is 0.257 e. The quantitative estimate of drug-likeness (QED) is 0.836. The molecule has 2 rings (SSSR count). The number of sulfone groups is 1. The number of aryl methyl sites for hydroxylation is 2. The molecule has 0 spiro atoms. The summed E-state index contributed by atoms with van der Waals surface area (Å²) in [6.45, 7) is 6.23. The lowest BCUT2D eigenvalue weighted by atomic mass is 10.1. The Kier molecular flexibility index (Phi) is 4.76. The molecular weight excluding hydrogens is 290 g/mol. The molecule has 2 heterocycles. The Morgan fingerprint density at radius 2 is 2.14 bits per heavy atom. The molecule has 0 aliphatic carbocycles. The predicted octanol–water partition coefficient (Wildman–Crippen LogP) is 2.33. The summed E-state index contributed by atoms with van der Waals surface area (Å²) >= 11 is 0. The van der Waals surface area contributed by atoms with E-state index >= 15 is 0 Å². The van der Waals surface area contributed by atoms with E-state index in [0.717, 1.165) is 12.8 Å². The molecule has 5 nitrogen and oxygen atoms in total. The first-order valence-corrected chi connectivity index (χ1v) is 9.24. The summed E-state index contributed by atoms with van der Waals surface area (Å²) in [5, 5.41) is 0. The number of carbonyl (C=O) groups is 1. The summed E-state index contributed by atoms with van der Waals surface area (Å²) in [6, 6.07) is 1.53. The molecule has 1 aliphatic rings. The maximum atomic E-state index is 12.8. The van der Waals surface area contributed by atoms with Crippen LogP contribution in [0.15, 0.2) is 10.5 Å². The van der Waals surface area contributed by atoms with Crippen molar-refractivity contribution in [1.82, 2.24) is 4.90 Å². The van der Waals surface area contributed by atoms with Crippen LogP contribution in [0.1, 0.15) is 48.1 Å². The average Bonchev–Trinajstić information content (AvgIpc) is 2.92. The third-order valence-electron chi connectivity index (χ3n) is 3.93. The molecule has 1 amide bonds. The van der Waals surface area contributed by atoms with Gasteiger partial charge in [0.15, 0.2) is 9.84 Å². The number of hydrogen-bond donors (Lipinski definition) is 0. The van der Waals surface area contributed by atoms with Crippen LogP contribution in [0.25, 0.3) is 0 Å². The molecule has 1 saturated heterocycles. The number of carbonyl (C=O) groups excluding carboxylic acids is 1. The van der Waals surface area contributed by atoms with Gasteiger partial charge < -0.3 is 9.32 Å². The SMILES string of the molecule is CCCCN(C(=O)c1cc(C)oc1C)C1CCS(=O)(=O)C1. The van der Waals surface area contributed by atoms with Crippen molar-refractivity contribution in [3.05, 3.63) is 23.2 Å². The van der Waals surface area contributed by atoms with E-state index < -0.39 is 9.84 Å². The van der Waals surface area contributed by atoms with Gasteiger partial charge in [-0.05, 0) is 32.8 Å². The molecule has 1 aromatic heterocycles. The van der Waals surface area contributed by atoms with E-state index in [1.807, 2.05) is 0 Å². The first-order valence-electron chi connectivity index (χ1n) is 7.42. The topological polar surface area (TPSA) is 67.6 Å². The molecule has 118 valence electrons. The van der Waals surface area contributed by atoms with E-state index in [0.29, 0.717) is 30.0 Å². The zero-order valence-corrected chi connectivity index (χ0v) is 13.7. The number of amides is 1. The zero-order chi connectivity index (χ0) is 15.6. The van der Waals surface area contributed by atoms with Crippen LogP contribution in [0.3, 0.4) is 0 Å². The molecule has 1 aromatic rings. The van der Waals surface area contributed by atoms with Crippen LogP contribution in [-0.4, -0.2) is 43.3 Å². The van der Waals surface area contributed by atoms with Crippen LogP contribution in [0.4, 0.5) is 0 Å². The third kappa shape index (κ3) is 3.67. The molecule has 6 heteroatoms. The van der Waals surface area contributed by atoms with Gasteiger partial charge in [-0.25, -0.2) is 8.42 Å². The van der Waals surface area contributed by atoms with Crippen molar-refractivity contribution < 1.29 is 17.6 Å². The van der Waals surface area contributed by atoms with E-state index in [1.165, 1.54) is 0 Å². The lowest BCUT2D eigenvalue weighted by molar-refractivity contribution is 0.0692. The Morgan fingerprint density at radius 3 is 2.62 bits per heavy atom. The molecular formula is C15H23NO4S. The van der Waals surface area contributed by atoms with Crippen molar-refractivity contribution in [2.75, 3.05) is 18.1 Å². The average molecular weight is 313 g/mol. The second-order valence-corrected chi connectivity index (χ2v) is 7.96. The number of unbranched alkanes of at least 4 members (excludes halogenated alkanes) is 1. The van der Waals surface area contributed by atoms with Crippen LogP contribution >= 0.6 is 0 Å². The Balaban J connectivity index is 2.23. The molecule has 1 unspecified atom stereocenters. The molecule has 21 heavy (non-hydrogen) atoms. The van der Waals surface area contributed by atoms with Crippen LogP contribution in [0.2, 0.25) is 0 Å². The van der Waals surface area contributed by atoms with Gasteiger partial charge in [-0.15, -0.1) is 0 Å². The van der Waals surface area contributed by atoms with E-state index in [-0.39, 0.29) is 23.5 Å². The van der Waals surface area contributed by atoms with E-state index in [2.05, 4.69) is 6.92 Å². The van der Waals surface area contributed by atoms with E-state index in [9.17, 15) is 13.2 Å². The molecule has 1 aliphatic heterocycles. The van der Waals surface area contributed by atoms with Crippen LogP contribution in [0, 0.1) is 13.8 Å². The largest absolute Gasteiger partial charge is 0.466 e. The van der Waals surface area contributed by atoms with Crippen LogP contribution < -0.4 is 0 Å². The fraction of sp³-hybridized carbons (Fsp3) is 0.667. The van der Waals surface area contributed by atoms with Gasteiger partial charge in [0.2, 0.25) is 0 Å². The fourth-order valence-electron chi connectivity index (χ4n) is 2.80. The normalized spacial score (nSPS) is 20.6. The highest BCUT2D eigenvalue weighted by Gasteiger charge is 2.35. The Hall–Kier alpha value is -1.30. The molecule has 0 bridgehead atoms. The van der Waals surface area contributed by atoms with E-state index in [4.69, 9.17) is 4.42 Å². The Morgan fingerprint density at radius 1 is 1.43 bits per heavy atom. The minimum atomic E-state index is -3.00. The molecule has 1 atom stereocenters. The highest BCUT2D eigenvalue weighted by atomic mass is 32.2. The Bertz CT molecular complexity index is 618. The number of hydrogen-bond acceptors (Lipinski definition) is 4. The molecule has 0 aromatic carbocycles. The lowest BCUT2D eigenvalue weighted by Gasteiger charge is -2.28. The van der Waals surface area contributed by atoms with Crippen LogP contribution in [0.5, 0.6) is 0 Å². The Labute approximate surface area is 126 Å². The van der Waals surface area contributed by atoms with Gasteiger partial charge in [-0.2, -0.15) is 0 Å². The van der Waals surface area contributed by atoms with E-state index in [1.54, 1.807) is 24.8 Å². The van der Waals surface area contributed by atoms with Gasteiger partial charge >= 0.3 is 0 Å². The van der Waals surface area contributed by atoms with Crippen molar-refractivity contribution in [1.29, 1.82) is 0 Å². The fourth-order valence-corrected chi connectivity index (χ4v) is 4.53. The number of rotatable bonds is 5. The number of furan rings is 1. The van der Waals surface area contributed by atoms with Gasteiger partial charge in [0.25, 0.3) is 5.91 Å². The van der Waals surface area contributed by atoms with Gasteiger partial charge in [-0.1, -0.05) is 13.3 Å². The minimum absolute atomic E-state index is 0.0817. The van der Waals surface area contributed by atoms with Crippen LogP contribution in [-0.2, 0) is 9.84 Å². The second kappa shape index (κ2) is 6.22. The van der Waals surface area contributed by atoms with Gasteiger partial charge in [0.1, 0.15) is 11.5 Å². The monoisotopic (exact) mass is 313 g/mol. The third-order valence-corrected chi connectivity index (χ3v) is 5.68. The zero-order valence-electron chi connectivity index (χ0n) is 12.9. The van der Waals surface area contributed by atoms with Crippen molar-refractivity contribution >= 4 is 15.7 Å². The molecule has 0 N–H and O–H groups in total. The summed E-state index contributed by atoms with van der Waals surface area (Å²) in [5.74, 6) is 1.44. The standard InChI is InChI=1S/C15H23NO4S/c1-4-5-7-16(13-6-8-21(18,19)10-13)15(17)14-9-11(2)20-12(14)3/h9,13H,4-8,10H2,1-3H3. The van der Waals surface area contributed by atoms with Gasteiger partial charge in [-0.3, -0.25) is 4.79 Å². The predicted molar refractivity (Wildman–Crippen MR) is 81.2 cm³/mol. The summed E-state index contributed by atoms with van der Waals surface area (Å²) in [4.78, 5) is 14.5. The number of nitrogens with zero attached hydrogens (tertiary/aromatic N) is 1. The first kappa shape index (κ1) is 16.1. The maximum absolute atomic E-state index is 12.8. The molecule has 0 radical (unpaired) electrons. The van der Waals surface area contributed by atoms with Crippen molar-refractivity contribution in [3.8, 4) is 0 Å². The summed E-state index contributed by atoms with van der Waals surface area (Å²) in [7, 11) is -3.00. The minimum Gasteiger partial charge on any atom is -0.466 e. The summed E-state index contributed by atoms with van der Waals surface area (Å²) in [5.41, 5.74) is 0.549. The summed E-state index contributed by atoms with van der Waals surface area (Å²) in [6.07, 6.45) is 2.37. The highest BCUT2D eigenvalue weighted by molar-refractivity contribution is 7.91. The second-order valence-electron chi connectivity index (χ2n) is 5.74. The van der Waals surface area contributed by atoms with Gasteiger partial charge in [0.05, 0.1) is 17.1 Å². The maximum Gasteiger partial charge on any atom is 0.257 e. The van der Waals surface area contributed by atoms with Crippen molar-refractivity contribution in [3.63, 3.8) is 0 Å². The lowest BCUT2D eigenvalue weighted by Crippen LogP contribution is -2.41. The molecule has 1 fully saturated rings. The van der Waals surface area contributed by atoms with Crippen molar-refractivity contribution in [2.24, 2.45) is 0 Å². The highest BCUT2D eigenvalue weighted by Crippen LogP contribution is 2.23. The molecule has 0 saturated carbocycles. The van der Waals surface area contributed by atoms with Crippen molar-refractivity contribution in [2.45, 2.75) is 46.1 Å². The first-order chi connectivity index (χ1) is 9.84. The summed E-state index contributed by atoms with van der Waals surface area (Å²) < 4.78 is 28.8.